The molecular weight excluding hydrogens is 296 g/mol. The lowest BCUT2D eigenvalue weighted by molar-refractivity contribution is 1.23. The summed E-state index contributed by atoms with van der Waals surface area (Å²) in [6, 6.07) is 8.19. The normalized spacial score (nSPS) is 10.5. The van der Waals surface area contributed by atoms with Gasteiger partial charge in [-0.25, -0.2) is 0 Å². The van der Waals surface area contributed by atoms with Crippen LogP contribution < -0.4 is 5.73 Å². The number of halogens is 1. The molecule has 0 saturated carbocycles. The number of para-hydroxylation sites is 1. The van der Waals surface area contributed by atoms with E-state index in [4.69, 9.17) is 5.73 Å². The second-order valence-electron chi connectivity index (χ2n) is 3.79. The molecule has 2 aromatic rings. The van der Waals surface area contributed by atoms with E-state index < -0.39 is 0 Å². The van der Waals surface area contributed by atoms with Gasteiger partial charge in [0.05, 0.1) is 0 Å². The zero-order chi connectivity index (χ0) is 12.3. The van der Waals surface area contributed by atoms with Crippen molar-refractivity contribution in [3.8, 4) is 0 Å². The fourth-order valence-electron chi connectivity index (χ4n) is 1.48. The number of nitrogen functional groups attached to an aromatic ring is 1. The maximum absolute atomic E-state index is 6.03. The summed E-state index contributed by atoms with van der Waals surface area (Å²) in [4.78, 5) is 5.27. The van der Waals surface area contributed by atoms with Crippen molar-refractivity contribution in [3.05, 3.63) is 52.3 Å². The quantitative estimate of drug-likeness (QED) is 0.687. The highest BCUT2D eigenvalue weighted by atomic mass is 79.9. The lowest BCUT2D eigenvalue weighted by Crippen LogP contribution is -1.92. The smallest absolute Gasteiger partial charge is 0.0482 e. The molecule has 2 nitrogen and oxygen atoms in total. The van der Waals surface area contributed by atoms with Crippen molar-refractivity contribution in [3.63, 3.8) is 0 Å². The van der Waals surface area contributed by atoms with Gasteiger partial charge in [0.15, 0.2) is 0 Å². The van der Waals surface area contributed by atoms with E-state index in [2.05, 4.69) is 33.0 Å². The maximum atomic E-state index is 6.03. The van der Waals surface area contributed by atoms with Crippen molar-refractivity contribution >= 4 is 33.4 Å². The lowest BCUT2D eigenvalue weighted by Gasteiger charge is -2.07. The van der Waals surface area contributed by atoms with Crippen LogP contribution in [0.2, 0.25) is 0 Å². The molecule has 17 heavy (non-hydrogen) atoms. The Morgan fingerprint density at radius 1 is 1.35 bits per heavy atom. The van der Waals surface area contributed by atoms with Crippen LogP contribution in [0.4, 0.5) is 5.69 Å². The first-order valence-corrected chi connectivity index (χ1v) is 7.02. The molecule has 0 bridgehead atoms. The first-order valence-electron chi connectivity index (χ1n) is 5.24. The van der Waals surface area contributed by atoms with E-state index >= 15 is 0 Å². The Labute approximate surface area is 114 Å². The zero-order valence-electron chi connectivity index (χ0n) is 9.48. The van der Waals surface area contributed by atoms with Crippen molar-refractivity contribution < 1.29 is 0 Å². The molecule has 0 aliphatic heterocycles. The fourth-order valence-corrected chi connectivity index (χ4v) is 2.86. The van der Waals surface area contributed by atoms with Gasteiger partial charge in [0, 0.05) is 33.2 Å². The van der Waals surface area contributed by atoms with Crippen LogP contribution in [-0.2, 0) is 5.75 Å². The minimum atomic E-state index is 0.875. The Morgan fingerprint density at radius 3 is 2.94 bits per heavy atom. The molecule has 2 rings (SSSR count). The number of thioether (sulfide) groups is 1. The first-order chi connectivity index (χ1) is 8.16. The minimum Gasteiger partial charge on any atom is -0.398 e. The summed E-state index contributed by atoms with van der Waals surface area (Å²) in [7, 11) is 0. The molecule has 1 aromatic carbocycles. The van der Waals surface area contributed by atoms with Crippen LogP contribution in [0.5, 0.6) is 0 Å². The van der Waals surface area contributed by atoms with Gasteiger partial charge >= 0.3 is 0 Å². The summed E-state index contributed by atoms with van der Waals surface area (Å²) in [6.07, 6.45) is 3.67. The number of rotatable bonds is 3. The molecule has 0 saturated heterocycles. The van der Waals surface area contributed by atoms with Crippen molar-refractivity contribution in [1.29, 1.82) is 0 Å². The van der Waals surface area contributed by atoms with Crippen molar-refractivity contribution in [2.75, 3.05) is 5.73 Å². The Morgan fingerprint density at radius 2 is 2.18 bits per heavy atom. The molecule has 0 amide bonds. The van der Waals surface area contributed by atoms with E-state index in [0.29, 0.717) is 0 Å². The van der Waals surface area contributed by atoms with E-state index in [0.717, 1.165) is 26.4 Å². The van der Waals surface area contributed by atoms with E-state index in [9.17, 15) is 0 Å². The fraction of sp³-hybridized carbons (Fsp3) is 0.154. The Kier molecular flexibility index (Phi) is 4.07. The van der Waals surface area contributed by atoms with Gasteiger partial charge in [0.2, 0.25) is 0 Å². The van der Waals surface area contributed by atoms with Gasteiger partial charge in [-0.1, -0.05) is 12.1 Å². The SMILES string of the molecule is Cc1cccc(SCc2cncc(Br)c2)c1N. The highest BCUT2D eigenvalue weighted by Gasteiger charge is 2.03. The Bertz CT molecular complexity index is 529. The first kappa shape index (κ1) is 12.5. The number of hydrogen-bond acceptors (Lipinski definition) is 3. The molecule has 88 valence electrons. The zero-order valence-corrected chi connectivity index (χ0v) is 11.9. The molecule has 0 aliphatic rings. The molecule has 4 heteroatoms. The number of aryl methyl sites for hydroxylation is 1. The standard InChI is InChI=1S/C13H13BrN2S/c1-9-3-2-4-12(13(9)15)17-8-10-5-11(14)7-16-6-10/h2-7H,8,15H2,1H3. The van der Waals surface area contributed by atoms with E-state index in [1.807, 2.05) is 25.3 Å². The highest BCUT2D eigenvalue weighted by Crippen LogP contribution is 2.30. The number of anilines is 1. The third-order valence-corrected chi connectivity index (χ3v) is 4.02. The summed E-state index contributed by atoms with van der Waals surface area (Å²) in [6.45, 7) is 2.03. The number of pyridine rings is 1. The number of aromatic nitrogens is 1. The van der Waals surface area contributed by atoms with E-state index in [1.54, 1.807) is 18.0 Å². The predicted molar refractivity (Wildman–Crippen MR) is 77.1 cm³/mol. The van der Waals surface area contributed by atoms with E-state index in [1.165, 1.54) is 5.56 Å². The lowest BCUT2D eigenvalue weighted by atomic mass is 10.2. The van der Waals surface area contributed by atoms with Crippen LogP contribution in [0.1, 0.15) is 11.1 Å². The average Bonchev–Trinajstić information content (AvgIpc) is 2.31. The molecule has 0 aliphatic carbocycles. The summed E-state index contributed by atoms with van der Waals surface area (Å²) in [5, 5.41) is 0. The highest BCUT2D eigenvalue weighted by molar-refractivity contribution is 9.10. The topological polar surface area (TPSA) is 38.9 Å². The third-order valence-electron chi connectivity index (χ3n) is 2.44. The second kappa shape index (κ2) is 5.56. The number of nitrogens with two attached hydrogens (primary N) is 1. The number of nitrogens with zero attached hydrogens (tertiary/aromatic N) is 1. The second-order valence-corrected chi connectivity index (χ2v) is 5.72. The Balaban J connectivity index is 2.10. The van der Waals surface area contributed by atoms with Crippen LogP contribution >= 0.6 is 27.7 Å². The van der Waals surface area contributed by atoms with Crippen LogP contribution in [0.15, 0.2) is 46.0 Å². The largest absolute Gasteiger partial charge is 0.398 e. The summed E-state index contributed by atoms with van der Waals surface area (Å²) >= 11 is 5.16. The van der Waals surface area contributed by atoms with Gasteiger partial charge in [0.1, 0.15) is 0 Å². The summed E-state index contributed by atoms with van der Waals surface area (Å²) in [5.41, 5.74) is 9.22. The van der Waals surface area contributed by atoms with Crippen LogP contribution in [0, 0.1) is 6.92 Å². The van der Waals surface area contributed by atoms with Crippen molar-refractivity contribution in [2.45, 2.75) is 17.6 Å². The minimum absolute atomic E-state index is 0.875. The molecular formula is C13H13BrN2S. The molecule has 1 aromatic heterocycles. The van der Waals surface area contributed by atoms with Gasteiger partial charge < -0.3 is 5.73 Å². The molecule has 0 spiro atoms. The third kappa shape index (κ3) is 3.23. The Hall–Kier alpha value is -1.00. The maximum Gasteiger partial charge on any atom is 0.0482 e. The number of benzene rings is 1. The van der Waals surface area contributed by atoms with Gasteiger partial charge in [-0.2, -0.15) is 0 Å². The van der Waals surface area contributed by atoms with Gasteiger partial charge in [0.25, 0.3) is 0 Å². The van der Waals surface area contributed by atoms with Crippen molar-refractivity contribution in [2.24, 2.45) is 0 Å². The average molecular weight is 309 g/mol. The monoisotopic (exact) mass is 308 g/mol. The van der Waals surface area contributed by atoms with Gasteiger partial charge in [-0.05, 0) is 46.1 Å². The van der Waals surface area contributed by atoms with Crippen molar-refractivity contribution in [1.82, 2.24) is 4.98 Å². The van der Waals surface area contributed by atoms with Crippen LogP contribution in [-0.4, -0.2) is 4.98 Å². The van der Waals surface area contributed by atoms with Gasteiger partial charge in [-0.15, -0.1) is 11.8 Å². The van der Waals surface area contributed by atoms with Crippen LogP contribution in [0.25, 0.3) is 0 Å². The molecule has 2 N–H and O–H groups in total. The molecule has 1 heterocycles. The van der Waals surface area contributed by atoms with E-state index in [-0.39, 0.29) is 0 Å². The number of hydrogen-bond donors (Lipinski definition) is 1. The summed E-state index contributed by atoms with van der Waals surface area (Å²) < 4.78 is 1.01. The molecule has 0 unspecified atom stereocenters. The predicted octanol–water partition coefficient (Wildman–Crippen LogP) is 4.03. The molecule has 0 radical (unpaired) electrons. The van der Waals surface area contributed by atoms with Gasteiger partial charge in [-0.3, -0.25) is 4.98 Å². The molecule has 0 fully saturated rings. The van der Waals surface area contributed by atoms with Crippen LogP contribution in [0.3, 0.4) is 0 Å². The molecule has 0 atom stereocenters. The summed E-state index contributed by atoms with van der Waals surface area (Å²) in [5.74, 6) is 0.875.